The lowest BCUT2D eigenvalue weighted by atomic mass is 9.87. The SMILES string of the molecule is Cn1ccnc1CN(C(=O)[C@H]1C[C@H]1c1ccccc1)c1ccc2c(c1)[C@@H](NS(=O)(=O)c1cccc(F)c1)CCC2. The zero-order valence-corrected chi connectivity index (χ0v) is 23.0. The second-order valence-corrected chi connectivity index (χ2v) is 12.4. The van der Waals surface area contributed by atoms with Crippen molar-refractivity contribution in [2.75, 3.05) is 4.90 Å². The van der Waals surface area contributed by atoms with Crippen LogP contribution in [0.15, 0.2) is 90.1 Å². The lowest BCUT2D eigenvalue weighted by molar-refractivity contribution is -0.120. The number of benzene rings is 3. The van der Waals surface area contributed by atoms with Crippen molar-refractivity contribution >= 4 is 21.6 Å². The van der Waals surface area contributed by atoms with Crippen molar-refractivity contribution in [3.63, 3.8) is 0 Å². The number of anilines is 1. The Morgan fingerprint density at radius 3 is 2.67 bits per heavy atom. The number of nitrogens with zero attached hydrogens (tertiary/aromatic N) is 3. The molecule has 206 valence electrons. The summed E-state index contributed by atoms with van der Waals surface area (Å²) in [5.41, 5.74) is 3.76. The number of nitrogens with one attached hydrogen (secondary N) is 1. The molecule has 3 aromatic carbocycles. The molecule has 0 unspecified atom stereocenters. The third kappa shape index (κ3) is 5.31. The molecule has 2 aliphatic rings. The van der Waals surface area contributed by atoms with Gasteiger partial charge in [0.05, 0.1) is 11.4 Å². The molecule has 1 amide bonds. The number of carbonyl (C=O) groups is 1. The second-order valence-electron chi connectivity index (χ2n) is 10.6. The van der Waals surface area contributed by atoms with Crippen LogP contribution in [-0.2, 0) is 34.8 Å². The Hall–Kier alpha value is -3.82. The van der Waals surface area contributed by atoms with E-state index in [0.717, 1.165) is 47.8 Å². The van der Waals surface area contributed by atoms with E-state index in [1.807, 2.05) is 54.2 Å². The molecule has 0 spiro atoms. The number of amides is 1. The van der Waals surface area contributed by atoms with Crippen LogP contribution in [0.4, 0.5) is 10.1 Å². The highest BCUT2D eigenvalue weighted by atomic mass is 32.2. The fourth-order valence-electron chi connectivity index (χ4n) is 5.69. The van der Waals surface area contributed by atoms with Crippen LogP contribution in [0.3, 0.4) is 0 Å². The fraction of sp³-hybridized carbons (Fsp3) is 0.290. The number of halogens is 1. The molecule has 7 nitrogen and oxygen atoms in total. The van der Waals surface area contributed by atoms with Crippen molar-refractivity contribution in [3.8, 4) is 0 Å². The van der Waals surface area contributed by atoms with E-state index in [4.69, 9.17) is 0 Å². The minimum absolute atomic E-state index is 0.0319. The molecule has 40 heavy (non-hydrogen) atoms. The third-order valence-corrected chi connectivity index (χ3v) is 9.45. The van der Waals surface area contributed by atoms with E-state index in [9.17, 15) is 17.6 Å². The minimum atomic E-state index is -3.95. The van der Waals surface area contributed by atoms with Crippen molar-refractivity contribution < 1.29 is 17.6 Å². The van der Waals surface area contributed by atoms with Crippen LogP contribution >= 0.6 is 0 Å². The lowest BCUT2D eigenvalue weighted by Crippen LogP contribution is -2.34. The van der Waals surface area contributed by atoms with E-state index in [-0.39, 0.29) is 22.6 Å². The van der Waals surface area contributed by atoms with E-state index < -0.39 is 21.9 Å². The fourth-order valence-corrected chi connectivity index (χ4v) is 6.97. The van der Waals surface area contributed by atoms with Crippen LogP contribution in [0.5, 0.6) is 0 Å². The van der Waals surface area contributed by atoms with Gasteiger partial charge < -0.3 is 9.47 Å². The Kier molecular flexibility index (Phi) is 7.02. The molecule has 1 fully saturated rings. The van der Waals surface area contributed by atoms with Gasteiger partial charge in [-0.2, -0.15) is 0 Å². The third-order valence-electron chi connectivity index (χ3n) is 7.98. The van der Waals surface area contributed by atoms with E-state index in [2.05, 4.69) is 21.8 Å². The predicted octanol–water partition coefficient (Wildman–Crippen LogP) is 5.25. The Labute approximate surface area is 233 Å². The number of aromatic nitrogens is 2. The highest BCUT2D eigenvalue weighted by Crippen LogP contribution is 2.49. The van der Waals surface area contributed by atoms with Crippen molar-refractivity contribution in [1.82, 2.24) is 14.3 Å². The molecule has 0 saturated heterocycles. The first kappa shape index (κ1) is 26.4. The van der Waals surface area contributed by atoms with Crippen LogP contribution in [-0.4, -0.2) is 23.9 Å². The Bertz CT molecular complexity index is 1650. The molecule has 4 aromatic rings. The smallest absolute Gasteiger partial charge is 0.241 e. The molecular weight excluding hydrogens is 527 g/mol. The van der Waals surface area contributed by atoms with Gasteiger partial charge in [-0.25, -0.2) is 22.5 Å². The maximum absolute atomic E-state index is 14.0. The van der Waals surface area contributed by atoms with E-state index in [0.29, 0.717) is 18.7 Å². The molecule has 3 atom stereocenters. The summed E-state index contributed by atoms with van der Waals surface area (Å²) in [5.74, 6) is 0.240. The topological polar surface area (TPSA) is 84.3 Å². The Morgan fingerprint density at radius 2 is 1.93 bits per heavy atom. The van der Waals surface area contributed by atoms with Gasteiger partial charge in [-0.05, 0) is 78.6 Å². The highest BCUT2D eigenvalue weighted by Gasteiger charge is 2.46. The largest absolute Gasteiger partial charge is 0.337 e. The van der Waals surface area contributed by atoms with Crippen LogP contribution in [0.2, 0.25) is 0 Å². The summed E-state index contributed by atoms with van der Waals surface area (Å²) in [6, 6.07) is 20.5. The number of aryl methyl sites for hydroxylation is 2. The van der Waals surface area contributed by atoms with Gasteiger partial charge in [-0.1, -0.05) is 42.5 Å². The Morgan fingerprint density at radius 1 is 1.10 bits per heavy atom. The first-order valence-electron chi connectivity index (χ1n) is 13.5. The van der Waals surface area contributed by atoms with Gasteiger partial charge in [0.1, 0.15) is 11.6 Å². The summed E-state index contributed by atoms with van der Waals surface area (Å²) in [6.07, 6.45) is 6.61. The molecule has 0 radical (unpaired) electrons. The van der Waals surface area contributed by atoms with Gasteiger partial charge in [-0.15, -0.1) is 0 Å². The minimum Gasteiger partial charge on any atom is -0.337 e. The van der Waals surface area contributed by atoms with Crippen LogP contribution in [0.25, 0.3) is 0 Å². The zero-order chi connectivity index (χ0) is 27.9. The second kappa shape index (κ2) is 10.6. The quantitative estimate of drug-likeness (QED) is 0.320. The van der Waals surface area contributed by atoms with Crippen LogP contribution < -0.4 is 9.62 Å². The molecule has 9 heteroatoms. The lowest BCUT2D eigenvalue weighted by Gasteiger charge is -2.29. The van der Waals surface area contributed by atoms with Gasteiger partial charge in [0, 0.05) is 37.1 Å². The molecular formula is C31H31FN4O3S. The number of rotatable bonds is 8. The monoisotopic (exact) mass is 558 g/mol. The summed E-state index contributed by atoms with van der Waals surface area (Å²) in [7, 11) is -2.04. The Balaban J connectivity index is 1.32. The molecule has 1 saturated carbocycles. The summed E-state index contributed by atoms with van der Waals surface area (Å²) < 4.78 is 44.8. The number of hydrogen-bond acceptors (Lipinski definition) is 4. The van der Waals surface area contributed by atoms with Gasteiger partial charge in [0.25, 0.3) is 0 Å². The molecule has 0 bridgehead atoms. The summed E-state index contributed by atoms with van der Waals surface area (Å²) in [5, 5.41) is 0. The highest BCUT2D eigenvalue weighted by molar-refractivity contribution is 7.89. The molecule has 6 rings (SSSR count). The number of carbonyl (C=O) groups excluding carboxylic acids is 1. The summed E-state index contributed by atoms with van der Waals surface area (Å²) >= 11 is 0. The van der Waals surface area contributed by atoms with Gasteiger partial charge in [0.2, 0.25) is 15.9 Å². The first-order valence-corrected chi connectivity index (χ1v) is 15.0. The maximum Gasteiger partial charge on any atom is 0.241 e. The summed E-state index contributed by atoms with van der Waals surface area (Å²) in [6.45, 7) is 0.304. The van der Waals surface area contributed by atoms with Crippen molar-refractivity contribution in [1.29, 1.82) is 0 Å². The van der Waals surface area contributed by atoms with Gasteiger partial charge >= 0.3 is 0 Å². The number of imidazole rings is 1. The molecule has 1 aromatic heterocycles. The average Bonchev–Trinajstić information content (AvgIpc) is 3.66. The van der Waals surface area contributed by atoms with E-state index in [1.54, 1.807) is 11.1 Å². The maximum atomic E-state index is 14.0. The summed E-state index contributed by atoms with van der Waals surface area (Å²) in [4.78, 5) is 20.1. The standard InChI is InChI=1S/C31H31FN4O3S/c1-35-16-15-33-30(35)20-36(31(37)28-19-26(28)21-7-3-2-4-8-21)24-14-13-22-9-5-12-29(27(22)18-24)34-40(38,39)25-11-6-10-23(32)17-25/h2-4,6-8,10-11,13-18,26,28-29,34H,5,9,12,19-20H2,1H3/t26-,28-,29-/m0/s1. The van der Waals surface area contributed by atoms with Crippen molar-refractivity contribution in [2.24, 2.45) is 13.0 Å². The van der Waals surface area contributed by atoms with Gasteiger partial charge in [0.15, 0.2) is 0 Å². The average molecular weight is 559 g/mol. The van der Waals surface area contributed by atoms with E-state index in [1.165, 1.54) is 18.2 Å². The molecule has 0 aliphatic heterocycles. The number of sulfonamides is 1. The number of fused-ring (bicyclic) bond motifs is 1. The van der Waals surface area contributed by atoms with Crippen molar-refractivity contribution in [3.05, 3.63) is 114 Å². The predicted molar refractivity (Wildman–Crippen MR) is 151 cm³/mol. The van der Waals surface area contributed by atoms with Crippen LogP contribution in [0.1, 0.15) is 53.7 Å². The molecule has 1 heterocycles. The van der Waals surface area contributed by atoms with E-state index >= 15 is 0 Å². The first-order chi connectivity index (χ1) is 19.3. The van der Waals surface area contributed by atoms with Crippen molar-refractivity contribution in [2.45, 2.75) is 49.1 Å². The number of hydrogen-bond donors (Lipinski definition) is 1. The normalized spacial score (nSPS) is 20.1. The van der Waals surface area contributed by atoms with Crippen LogP contribution in [0, 0.1) is 11.7 Å². The zero-order valence-electron chi connectivity index (χ0n) is 22.2. The molecule has 2 aliphatic carbocycles. The molecule has 1 N–H and O–H groups in total. The van der Waals surface area contributed by atoms with Gasteiger partial charge in [-0.3, -0.25) is 4.79 Å².